The highest BCUT2D eigenvalue weighted by atomic mass is 16.6. The van der Waals surface area contributed by atoms with Crippen LogP contribution in [-0.4, -0.2) is 37.5 Å². The smallest absolute Gasteiger partial charge is 0.490 e. The van der Waals surface area contributed by atoms with Crippen LogP contribution in [0.15, 0.2) is 30.6 Å². The van der Waals surface area contributed by atoms with Crippen LogP contribution >= 0.6 is 0 Å². The predicted octanol–water partition coefficient (Wildman–Crippen LogP) is 1.92. The molecule has 0 radical (unpaired) electrons. The van der Waals surface area contributed by atoms with Crippen LogP contribution in [0.25, 0.3) is 0 Å². The molecule has 1 aromatic carbocycles. The first-order valence-electron chi connectivity index (χ1n) is 7.21. The van der Waals surface area contributed by atoms with E-state index in [1.165, 1.54) is 16.6 Å². The van der Waals surface area contributed by atoms with E-state index in [0.717, 1.165) is 0 Å². The lowest BCUT2D eigenvalue weighted by Gasteiger charge is -2.19. The summed E-state index contributed by atoms with van der Waals surface area (Å²) in [4.78, 5) is 13.3. The minimum atomic E-state index is -0.849. The van der Waals surface area contributed by atoms with Crippen molar-refractivity contribution < 1.29 is 14.8 Å². The second-order valence-corrected chi connectivity index (χ2v) is 6.26. The van der Waals surface area contributed by atoms with Crippen molar-refractivity contribution >= 4 is 5.95 Å². The van der Waals surface area contributed by atoms with Gasteiger partial charge in [-0.25, -0.2) is 0 Å². The van der Waals surface area contributed by atoms with Gasteiger partial charge in [-0.15, -0.1) is 0 Å². The highest BCUT2D eigenvalue weighted by molar-refractivity contribution is 5.31. The molecule has 0 fully saturated rings. The van der Waals surface area contributed by atoms with Gasteiger partial charge in [0.1, 0.15) is 18.5 Å². The van der Waals surface area contributed by atoms with Gasteiger partial charge >= 0.3 is 5.95 Å². The molecule has 124 valence electrons. The summed E-state index contributed by atoms with van der Waals surface area (Å²) in [6.07, 6.45) is 0.359. The van der Waals surface area contributed by atoms with Crippen LogP contribution in [0.2, 0.25) is 0 Å². The van der Waals surface area contributed by atoms with Crippen molar-refractivity contribution in [1.29, 1.82) is 0 Å². The molecule has 1 unspecified atom stereocenters. The van der Waals surface area contributed by atoms with E-state index in [4.69, 9.17) is 4.74 Å². The first kappa shape index (κ1) is 16.9. The van der Waals surface area contributed by atoms with E-state index in [2.05, 4.69) is 30.9 Å². The summed E-state index contributed by atoms with van der Waals surface area (Å²) in [5.74, 6) is 0.164. The Labute approximate surface area is 133 Å². The molecular weight excluding hydrogens is 300 g/mol. The fourth-order valence-electron chi connectivity index (χ4n) is 1.97. The molecule has 1 heterocycles. The SMILES string of the molecule is CC(C)(C)c1ccc(OCC(O)Cn2cnc([N+](=O)[O-])n2)cc1. The summed E-state index contributed by atoms with van der Waals surface area (Å²) < 4.78 is 6.73. The van der Waals surface area contributed by atoms with Crippen molar-refractivity contribution in [2.45, 2.75) is 38.8 Å². The molecule has 23 heavy (non-hydrogen) atoms. The van der Waals surface area contributed by atoms with Crippen LogP contribution in [0.1, 0.15) is 26.3 Å². The first-order valence-corrected chi connectivity index (χ1v) is 7.21. The van der Waals surface area contributed by atoms with Crippen molar-refractivity contribution in [3.63, 3.8) is 0 Å². The maximum atomic E-state index is 10.5. The van der Waals surface area contributed by atoms with Crippen molar-refractivity contribution in [1.82, 2.24) is 14.8 Å². The highest BCUT2D eigenvalue weighted by Gasteiger charge is 2.16. The van der Waals surface area contributed by atoms with Gasteiger partial charge in [-0.1, -0.05) is 37.9 Å². The van der Waals surface area contributed by atoms with Crippen LogP contribution in [-0.2, 0) is 12.0 Å². The number of aromatic nitrogens is 3. The molecule has 0 spiro atoms. The maximum Gasteiger partial charge on any atom is 0.490 e. The lowest BCUT2D eigenvalue weighted by atomic mass is 9.87. The van der Waals surface area contributed by atoms with Crippen molar-refractivity contribution in [2.24, 2.45) is 0 Å². The Morgan fingerprint density at radius 3 is 2.52 bits per heavy atom. The third-order valence-corrected chi connectivity index (χ3v) is 3.25. The third kappa shape index (κ3) is 4.75. The summed E-state index contributed by atoms with van der Waals surface area (Å²) in [5, 5.41) is 24.0. The van der Waals surface area contributed by atoms with Crippen molar-refractivity contribution in [2.75, 3.05) is 6.61 Å². The number of aliphatic hydroxyl groups excluding tert-OH is 1. The molecule has 8 nitrogen and oxygen atoms in total. The van der Waals surface area contributed by atoms with E-state index in [9.17, 15) is 15.2 Å². The lowest BCUT2D eigenvalue weighted by molar-refractivity contribution is -0.394. The highest BCUT2D eigenvalue weighted by Crippen LogP contribution is 2.24. The Bertz CT molecular complexity index is 661. The predicted molar refractivity (Wildman–Crippen MR) is 83.3 cm³/mol. The topological polar surface area (TPSA) is 103 Å². The fraction of sp³-hybridized carbons (Fsp3) is 0.467. The largest absolute Gasteiger partial charge is 0.491 e. The molecule has 0 aliphatic rings. The van der Waals surface area contributed by atoms with Gasteiger partial charge in [0, 0.05) is 5.10 Å². The Morgan fingerprint density at radius 2 is 2.00 bits per heavy atom. The number of hydrogen-bond acceptors (Lipinski definition) is 6. The molecule has 8 heteroatoms. The molecule has 1 aromatic heterocycles. The molecule has 2 rings (SSSR count). The molecule has 1 atom stereocenters. The number of aliphatic hydroxyl groups is 1. The van der Waals surface area contributed by atoms with E-state index in [0.29, 0.717) is 5.75 Å². The number of rotatable bonds is 6. The quantitative estimate of drug-likeness (QED) is 0.644. The first-order chi connectivity index (χ1) is 10.8. The number of hydrogen-bond donors (Lipinski definition) is 1. The van der Waals surface area contributed by atoms with Crippen LogP contribution in [0.3, 0.4) is 0 Å². The average Bonchev–Trinajstić information content (AvgIpc) is 2.93. The Hall–Kier alpha value is -2.48. The number of benzene rings is 1. The number of ether oxygens (including phenoxy) is 1. The van der Waals surface area contributed by atoms with Crippen molar-refractivity contribution in [3.05, 3.63) is 46.3 Å². The molecular formula is C15H20N4O4. The van der Waals surface area contributed by atoms with E-state index in [1.54, 1.807) is 0 Å². The van der Waals surface area contributed by atoms with Gasteiger partial charge in [-0.3, -0.25) is 0 Å². The van der Waals surface area contributed by atoms with Crippen LogP contribution in [0.4, 0.5) is 5.95 Å². The zero-order chi connectivity index (χ0) is 17.0. The van der Waals surface area contributed by atoms with Crippen LogP contribution in [0, 0.1) is 10.1 Å². The van der Waals surface area contributed by atoms with E-state index >= 15 is 0 Å². The van der Waals surface area contributed by atoms with Gasteiger partial charge < -0.3 is 20.0 Å². The zero-order valence-electron chi connectivity index (χ0n) is 13.3. The summed E-state index contributed by atoms with van der Waals surface area (Å²) in [7, 11) is 0. The lowest BCUT2D eigenvalue weighted by Crippen LogP contribution is -2.24. The molecule has 2 aromatic rings. The summed E-state index contributed by atoms with van der Waals surface area (Å²) in [6.45, 7) is 6.52. The monoisotopic (exact) mass is 320 g/mol. The Kier molecular flexibility index (Phi) is 4.95. The number of nitro groups is 1. The normalized spacial score (nSPS) is 12.9. The maximum absolute atomic E-state index is 10.5. The van der Waals surface area contributed by atoms with Gasteiger partial charge in [0.05, 0.1) is 6.54 Å². The van der Waals surface area contributed by atoms with Gasteiger partial charge in [0.15, 0.2) is 0 Å². The molecule has 0 aliphatic carbocycles. The summed E-state index contributed by atoms with van der Waals surface area (Å²) in [5.41, 5.74) is 1.26. The van der Waals surface area contributed by atoms with Gasteiger partial charge in [0.2, 0.25) is 6.33 Å². The summed E-state index contributed by atoms with van der Waals surface area (Å²) in [6, 6.07) is 7.69. The molecule has 0 saturated carbocycles. The Morgan fingerprint density at radius 1 is 1.35 bits per heavy atom. The van der Waals surface area contributed by atoms with Gasteiger partial charge in [0.25, 0.3) is 0 Å². The number of nitrogens with zero attached hydrogens (tertiary/aromatic N) is 4. The van der Waals surface area contributed by atoms with Crippen molar-refractivity contribution in [3.8, 4) is 5.75 Å². The molecule has 0 amide bonds. The van der Waals surface area contributed by atoms with Crippen LogP contribution in [0.5, 0.6) is 5.75 Å². The minimum absolute atomic E-state index is 0.0581. The van der Waals surface area contributed by atoms with Crippen LogP contribution < -0.4 is 4.74 Å². The average molecular weight is 320 g/mol. The third-order valence-electron chi connectivity index (χ3n) is 3.25. The molecule has 0 saturated heterocycles. The zero-order valence-corrected chi connectivity index (χ0v) is 13.3. The molecule has 0 aliphatic heterocycles. The standard InChI is InChI=1S/C15H20N4O4/c1-15(2,3)11-4-6-13(7-5-11)23-9-12(20)8-18-10-16-14(17-18)19(21)22/h4-7,10,12,20H,8-9H2,1-3H3. The second-order valence-electron chi connectivity index (χ2n) is 6.26. The summed E-state index contributed by atoms with van der Waals surface area (Å²) >= 11 is 0. The second kappa shape index (κ2) is 6.74. The minimum Gasteiger partial charge on any atom is -0.491 e. The molecule has 0 bridgehead atoms. The van der Waals surface area contributed by atoms with E-state index in [1.807, 2.05) is 24.3 Å². The van der Waals surface area contributed by atoms with E-state index in [-0.39, 0.29) is 18.6 Å². The Balaban J connectivity index is 1.86. The van der Waals surface area contributed by atoms with Gasteiger partial charge in [-0.2, -0.15) is 4.68 Å². The molecule has 1 N–H and O–H groups in total. The van der Waals surface area contributed by atoms with E-state index < -0.39 is 17.0 Å². The fourth-order valence-corrected chi connectivity index (χ4v) is 1.97. The van der Waals surface area contributed by atoms with Gasteiger partial charge in [-0.05, 0) is 28.0 Å².